The van der Waals surface area contributed by atoms with E-state index in [0.29, 0.717) is 5.92 Å². The lowest BCUT2D eigenvalue weighted by Crippen LogP contribution is -2.11. The summed E-state index contributed by atoms with van der Waals surface area (Å²) in [6.45, 7) is 1.93. The fourth-order valence-corrected chi connectivity index (χ4v) is 3.83. The Morgan fingerprint density at radius 1 is 1.47 bits per heavy atom. The Balaban J connectivity index is 2.19. The zero-order valence-corrected chi connectivity index (χ0v) is 11.6. The van der Waals surface area contributed by atoms with E-state index in [1.54, 1.807) is 0 Å². The average molecular weight is 276 g/mol. The summed E-state index contributed by atoms with van der Waals surface area (Å²) in [6.07, 6.45) is 4.09. The second kappa shape index (κ2) is 4.89. The fourth-order valence-electron chi connectivity index (χ4n) is 2.72. The maximum Gasteiger partial charge on any atom is 0.356 e. The van der Waals surface area contributed by atoms with Crippen molar-refractivity contribution in [2.75, 3.05) is 11.5 Å². The van der Waals surface area contributed by atoms with Gasteiger partial charge in [0, 0.05) is 12.1 Å². The number of thioether (sulfide) groups is 1. The van der Waals surface area contributed by atoms with E-state index in [9.17, 15) is 9.90 Å². The quantitative estimate of drug-likeness (QED) is 0.916. The number of carboxylic acid groups (broad SMARTS) is 1. The molecule has 0 spiro atoms. The average Bonchev–Trinajstić information content (AvgIpc) is 2.81. The van der Waals surface area contributed by atoms with Crippen LogP contribution in [0.2, 0.25) is 0 Å². The van der Waals surface area contributed by atoms with Crippen LogP contribution in [0.4, 0.5) is 0 Å². The number of hydrogen-bond donors (Lipinski definition) is 1. The van der Waals surface area contributed by atoms with Crippen molar-refractivity contribution in [3.8, 4) is 0 Å². The highest BCUT2D eigenvalue weighted by atomic mass is 32.2. The first kappa shape index (κ1) is 12.5. The van der Waals surface area contributed by atoms with Crippen LogP contribution in [-0.4, -0.2) is 32.0 Å². The van der Waals surface area contributed by atoms with Crippen LogP contribution in [-0.2, 0) is 0 Å². The Morgan fingerprint density at radius 3 is 2.89 bits per heavy atom. The summed E-state index contributed by atoms with van der Waals surface area (Å²) in [5, 5.41) is 9.34. The van der Waals surface area contributed by atoms with E-state index in [2.05, 4.69) is 4.98 Å². The van der Waals surface area contributed by atoms with Gasteiger partial charge in [-0.05, 0) is 42.9 Å². The Labute approximate surface area is 115 Å². The van der Waals surface area contributed by atoms with Gasteiger partial charge in [-0.25, -0.2) is 9.78 Å². The van der Waals surface area contributed by atoms with Crippen molar-refractivity contribution < 1.29 is 9.90 Å². The number of carbonyl (C=O) groups is 1. The van der Waals surface area contributed by atoms with Crippen molar-refractivity contribution in [2.45, 2.75) is 25.7 Å². The van der Waals surface area contributed by atoms with E-state index < -0.39 is 5.97 Å². The summed E-state index contributed by atoms with van der Waals surface area (Å²) in [5.41, 5.74) is 1.89. The highest BCUT2D eigenvalue weighted by molar-refractivity contribution is 7.99. The third-order valence-corrected chi connectivity index (χ3v) is 4.73. The molecule has 0 saturated carbocycles. The van der Waals surface area contributed by atoms with Crippen LogP contribution < -0.4 is 0 Å². The third kappa shape index (κ3) is 2.12. The third-order valence-electron chi connectivity index (χ3n) is 3.68. The second-order valence-electron chi connectivity index (χ2n) is 4.92. The minimum atomic E-state index is -0.941. The van der Waals surface area contributed by atoms with Gasteiger partial charge in [0.25, 0.3) is 0 Å². The zero-order chi connectivity index (χ0) is 13.4. The highest BCUT2D eigenvalue weighted by Crippen LogP contribution is 2.32. The summed E-state index contributed by atoms with van der Waals surface area (Å²) in [6, 6.07) is 3.89. The number of fused-ring (bicyclic) bond motifs is 1. The summed E-state index contributed by atoms with van der Waals surface area (Å²) < 4.78 is 1.97. The molecule has 0 atom stereocenters. The molecule has 0 bridgehead atoms. The summed E-state index contributed by atoms with van der Waals surface area (Å²) >= 11 is 1.96. The smallest absolute Gasteiger partial charge is 0.356 e. The molecule has 100 valence electrons. The Bertz CT molecular complexity index is 630. The van der Waals surface area contributed by atoms with E-state index in [4.69, 9.17) is 0 Å². The van der Waals surface area contributed by atoms with Gasteiger partial charge in [0.15, 0.2) is 5.69 Å². The fraction of sp³-hybridized carbons (Fsp3) is 0.429. The van der Waals surface area contributed by atoms with Crippen LogP contribution in [0.5, 0.6) is 0 Å². The van der Waals surface area contributed by atoms with Gasteiger partial charge in [-0.3, -0.25) is 0 Å². The van der Waals surface area contributed by atoms with Crippen LogP contribution in [0.15, 0.2) is 18.3 Å². The van der Waals surface area contributed by atoms with Crippen molar-refractivity contribution in [2.24, 2.45) is 0 Å². The lowest BCUT2D eigenvalue weighted by atomic mass is 10.0. The normalized spacial score (nSPS) is 16.9. The predicted octanol–water partition coefficient (Wildman–Crippen LogP) is 2.95. The molecule has 2 aromatic rings. The lowest BCUT2D eigenvalue weighted by molar-refractivity contribution is 0.0693. The molecule has 4 nitrogen and oxygen atoms in total. The number of nitrogens with zero attached hydrogens (tertiary/aromatic N) is 2. The van der Waals surface area contributed by atoms with Crippen LogP contribution in [0, 0.1) is 6.92 Å². The molecule has 1 aliphatic heterocycles. The largest absolute Gasteiger partial charge is 0.476 e. The first-order valence-electron chi connectivity index (χ1n) is 6.47. The molecule has 0 radical (unpaired) electrons. The number of aromatic nitrogens is 2. The molecule has 0 aliphatic carbocycles. The van der Waals surface area contributed by atoms with Gasteiger partial charge < -0.3 is 9.51 Å². The van der Waals surface area contributed by atoms with Gasteiger partial charge in [0.05, 0.1) is 5.52 Å². The minimum absolute atomic E-state index is 0.186. The van der Waals surface area contributed by atoms with Gasteiger partial charge in [0.2, 0.25) is 0 Å². The first-order valence-corrected chi connectivity index (χ1v) is 7.62. The number of rotatable bonds is 2. The molecule has 1 aliphatic rings. The molecule has 1 N–H and O–H groups in total. The highest BCUT2D eigenvalue weighted by Gasteiger charge is 2.25. The Morgan fingerprint density at radius 2 is 2.21 bits per heavy atom. The molecular formula is C14H16N2O2S. The van der Waals surface area contributed by atoms with Crippen molar-refractivity contribution >= 4 is 23.2 Å². The summed E-state index contributed by atoms with van der Waals surface area (Å²) in [4.78, 5) is 15.8. The number of carboxylic acids is 1. The van der Waals surface area contributed by atoms with Gasteiger partial charge in [0.1, 0.15) is 5.82 Å². The number of pyridine rings is 1. The molecule has 2 aromatic heterocycles. The molecule has 3 rings (SSSR count). The predicted molar refractivity (Wildman–Crippen MR) is 76.2 cm³/mol. The molecule has 3 heterocycles. The molecular weight excluding hydrogens is 260 g/mol. The van der Waals surface area contributed by atoms with Crippen LogP contribution >= 0.6 is 11.8 Å². The van der Waals surface area contributed by atoms with Crippen molar-refractivity contribution in [3.05, 3.63) is 35.4 Å². The molecule has 5 heteroatoms. The van der Waals surface area contributed by atoms with Gasteiger partial charge in [-0.1, -0.05) is 6.07 Å². The van der Waals surface area contributed by atoms with E-state index in [1.165, 1.54) is 0 Å². The number of aromatic carboxylic acids is 1. The SMILES string of the molecule is Cc1cccn2c(C3CCSCC3)nc(C(=O)O)c12. The van der Waals surface area contributed by atoms with Crippen molar-refractivity contribution in [3.63, 3.8) is 0 Å². The van der Waals surface area contributed by atoms with E-state index in [1.807, 2.05) is 41.4 Å². The lowest BCUT2D eigenvalue weighted by Gasteiger charge is -2.20. The van der Waals surface area contributed by atoms with Gasteiger partial charge >= 0.3 is 5.97 Å². The van der Waals surface area contributed by atoms with E-state index >= 15 is 0 Å². The molecule has 0 amide bonds. The molecule has 1 saturated heterocycles. The van der Waals surface area contributed by atoms with E-state index in [0.717, 1.165) is 41.3 Å². The number of hydrogen-bond acceptors (Lipinski definition) is 3. The summed E-state index contributed by atoms with van der Waals surface area (Å²) in [5.74, 6) is 2.62. The maximum atomic E-state index is 11.4. The molecule has 19 heavy (non-hydrogen) atoms. The molecule has 0 aromatic carbocycles. The van der Waals surface area contributed by atoms with Gasteiger partial charge in [-0.15, -0.1) is 0 Å². The zero-order valence-electron chi connectivity index (χ0n) is 10.8. The second-order valence-corrected chi connectivity index (χ2v) is 6.14. The van der Waals surface area contributed by atoms with Crippen LogP contribution in [0.3, 0.4) is 0 Å². The number of aryl methyl sites for hydroxylation is 1. The topological polar surface area (TPSA) is 54.6 Å². The molecule has 1 fully saturated rings. The van der Waals surface area contributed by atoms with Crippen LogP contribution in [0.25, 0.3) is 5.52 Å². The first-order chi connectivity index (χ1) is 9.18. The minimum Gasteiger partial charge on any atom is -0.476 e. The monoisotopic (exact) mass is 276 g/mol. The summed E-state index contributed by atoms with van der Waals surface area (Å²) in [7, 11) is 0. The van der Waals surface area contributed by atoms with Crippen LogP contribution in [0.1, 0.15) is 40.6 Å². The maximum absolute atomic E-state index is 11.4. The van der Waals surface area contributed by atoms with Crippen molar-refractivity contribution in [1.82, 2.24) is 9.38 Å². The van der Waals surface area contributed by atoms with Crippen molar-refractivity contribution in [1.29, 1.82) is 0 Å². The number of imidazole rings is 1. The Hall–Kier alpha value is -1.49. The van der Waals surface area contributed by atoms with E-state index in [-0.39, 0.29) is 5.69 Å². The Kier molecular flexibility index (Phi) is 3.22. The molecule has 0 unspecified atom stereocenters. The van der Waals surface area contributed by atoms with Gasteiger partial charge in [-0.2, -0.15) is 11.8 Å². The standard InChI is InChI=1S/C14H16N2O2S/c1-9-3-2-6-16-12(9)11(14(17)18)15-13(16)10-4-7-19-8-5-10/h2-3,6,10H,4-5,7-8H2,1H3,(H,17,18).